The van der Waals surface area contributed by atoms with Gasteiger partial charge in [-0.05, 0) is 18.2 Å². The number of halogens is 2. The van der Waals surface area contributed by atoms with Crippen molar-refractivity contribution in [3.63, 3.8) is 0 Å². The lowest BCUT2D eigenvalue weighted by Crippen LogP contribution is -2.04. The Hall–Kier alpha value is -3.93. The number of methoxy groups -OCH3 is 3. The molecule has 0 aliphatic rings. The van der Waals surface area contributed by atoms with E-state index in [0.29, 0.717) is 40.4 Å². The van der Waals surface area contributed by atoms with Gasteiger partial charge in [0.05, 0.1) is 21.3 Å². The zero-order valence-corrected chi connectivity index (χ0v) is 19.5. The molecule has 0 saturated carbocycles. The van der Waals surface area contributed by atoms with Gasteiger partial charge in [0.1, 0.15) is 22.3 Å². The number of hydrogen-bond acceptors (Lipinski definition) is 9. The van der Waals surface area contributed by atoms with Crippen molar-refractivity contribution >= 4 is 33.4 Å². The topological polar surface area (TPSA) is 112 Å². The van der Waals surface area contributed by atoms with Gasteiger partial charge in [-0.25, -0.2) is 22.2 Å². The molecule has 0 aliphatic carbocycles. The average molecular weight is 493 g/mol. The molecule has 0 radical (unpaired) electrons. The molecule has 0 bridgehead atoms. The second-order valence-electron chi connectivity index (χ2n) is 6.71. The maximum Gasteiger partial charge on any atom is 0.229 e. The van der Waals surface area contributed by atoms with Crippen LogP contribution >= 0.6 is 0 Å². The largest absolute Gasteiger partial charge is 0.493 e. The SMILES string of the molecule is CNc1nc(Nc2cc(OC)c(OC)c(OC)c2)ncc1C=CS(=O)(=O)c1ccc(F)cc1F. The van der Waals surface area contributed by atoms with Crippen LogP contribution in [0.15, 0.2) is 46.8 Å². The second-order valence-corrected chi connectivity index (χ2v) is 8.51. The summed E-state index contributed by atoms with van der Waals surface area (Å²) in [6.45, 7) is 0. The molecule has 1 heterocycles. The summed E-state index contributed by atoms with van der Waals surface area (Å²) in [5.74, 6) is -0.279. The minimum Gasteiger partial charge on any atom is -0.493 e. The fourth-order valence-electron chi connectivity index (χ4n) is 3.00. The Morgan fingerprint density at radius 1 is 1.00 bits per heavy atom. The van der Waals surface area contributed by atoms with E-state index in [1.807, 2.05) is 0 Å². The van der Waals surface area contributed by atoms with Crippen LogP contribution in [0.5, 0.6) is 17.2 Å². The normalized spacial score (nSPS) is 11.4. The molecule has 0 amide bonds. The Morgan fingerprint density at radius 3 is 2.24 bits per heavy atom. The van der Waals surface area contributed by atoms with Crippen molar-refractivity contribution in [2.75, 3.05) is 39.0 Å². The van der Waals surface area contributed by atoms with Crippen LogP contribution in [0.1, 0.15) is 5.56 Å². The van der Waals surface area contributed by atoms with Crippen molar-refractivity contribution in [1.82, 2.24) is 9.97 Å². The quantitative estimate of drug-likeness (QED) is 0.428. The highest BCUT2D eigenvalue weighted by Crippen LogP contribution is 2.40. The number of benzene rings is 2. The number of anilines is 3. The third-order valence-electron chi connectivity index (χ3n) is 4.60. The standard InChI is InChI=1S/C22H22F2N4O5S/c1-25-21-13(7-8-34(29,30)19-6-5-14(23)9-16(19)24)12-26-22(28-21)27-15-10-17(31-2)20(33-4)18(11-15)32-3/h5-12H,1-4H3,(H2,25,26,27,28). The number of ether oxygens (including phenoxy) is 3. The van der Waals surface area contributed by atoms with Crippen LogP contribution in [-0.4, -0.2) is 46.8 Å². The summed E-state index contributed by atoms with van der Waals surface area (Å²) in [7, 11) is 1.89. The van der Waals surface area contributed by atoms with E-state index >= 15 is 0 Å². The van der Waals surface area contributed by atoms with Gasteiger partial charge in [-0.1, -0.05) is 0 Å². The molecule has 2 aromatic carbocycles. The lowest BCUT2D eigenvalue weighted by Gasteiger charge is -2.15. The minimum atomic E-state index is -4.17. The first-order valence-electron chi connectivity index (χ1n) is 9.72. The molecule has 0 aliphatic heterocycles. The lowest BCUT2D eigenvalue weighted by molar-refractivity contribution is 0.324. The van der Waals surface area contributed by atoms with Crippen molar-refractivity contribution in [1.29, 1.82) is 0 Å². The van der Waals surface area contributed by atoms with E-state index in [9.17, 15) is 17.2 Å². The zero-order valence-electron chi connectivity index (χ0n) is 18.7. The number of nitrogens with zero attached hydrogens (tertiary/aromatic N) is 2. The molecule has 180 valence electrons. The Kier molecular flexibility index (Phi) is 7.51. The van der Waals surface area contributed by atoms with Crippen LogP contribution in [0.2, 0.25) is 0 Å². The number of hydrogen-bond donors (Lipinski definition) is 2. The molecule has 9 nitrogen and oxygen atoms in total. The first kappa shape index (κ1) is 24.7. The van der Waals surface area contributed by atoms with Gasteiger partial charge in [0.25, 0.3) is 0 Å². The molecule has 0 atom stereocenters. The first-order chi connectivity index (χ1) is 16.2. The summed E-state index contributed by atoms with van der Waals surface area (Å²) in [5, 5.41) is 6.66. The number of aromatic nitrogens is 2. The molecule has 34 heavy (non-hydrogen) atoms. The van der Waals surface area contributed by atoms with Crippen molar-refractivity contribution in [3.8, 4) is 17.2 Å². The number of nitrogens with one attached hydrogen (secondary N) is 2. The second kappa shape index (κ2) is 10.3. The minimum absolute atomic E-state index is 0.197. The van der Waals surface area contributed by atoms with Crippen molar-refractivity contribution in [2.45, 2.75) is 4.90 Å². The van der Waals surface area contributed by atoms with Crippen molar-refractivity contribution in [3.05, 3.63) is 59.1 Å². The predicted octanol–water partition coefficient (Wildman–Crippen LogP) is 4.01. The molecule has 1 aromatic heterocycles. The fraction of sp³-hybridized carbons (Fsp3) is 0.182. The molecular formula is C22H22F2N4O5S. The van der Waals surface area contributed by atoms with Gasteiger partial charge >= 0.3 is 0 Å². The van der Waals surface area contributed by atoms with Gasteiger partial charge in [-0.3, -0.25) is 0 Å². The van der Waals surface area contributed by atoms with Crippen LogP contribution in [0.4, 0.5) is 26.2 Å². The Balaban J connectivity index is 1.89. The lowest BCUT2D eigenvalue weighted by atomic mass is 10.2. The molecule has 3 rings (SSSR count). The maximum atomic E-state index is 13.9. The Bertz CT molecular complexity index is 1310. The molecule has 0 saturated heterocycles. The number of sulfone groups is 1. The van der Waals surface area contributed by atoms with Gasteiger partial charge in [0, 0.05) is 48.1 Å². The van der Waals surface area contributed by atoms with Gasteiger partial charge in [-0.2, -0.15) is 4.98 Å². The summed E-state index contributed by atoms with van der Waals surface area (Å²) in [6, 6.07) is 5.58. The Labute approximate surface area is 195 Å². The number of rotatable bonds is 9. The zero-order chi connectivity index (χ0) is 24.9. The highest BCUT2D eigenvalue weighted by Gasteiger charge is 2.18. The van der Waals surface area contributed by atoms with E-state index in [2.05, 4.69) is 20.6 Å². The molecule has 12 heteroatoms. The van der Waals surface area contributed by atoms with Crippen molar-refractivity contribution < 1.29 is 31.4 Å². The van der Waals surface area contributed by atoms with E-state index in [0.717, 1.165) is 17.5 Å². The van der Waals surface area contributed by atoms with Gasteiger partial charge < -0.3 is 24.8 Å². The monoisotopic (exact) mass is 492 g/mol. The molecule has 2 N–H and O–H groups in total. The molecule has 0 spiro atoms. The molecule has 3 aromatic rings. The summed E-state index contributed by atoms with van der Waals surface area (Å²) in [4.78, 5) is 7.88. The third-order valence-corrected chi connectivity index (χ3v) is 6.04. The van der Waals surface area contributed by atoms with E-state index in [1.54, 1.807) is 19.2 Å². The van der Waals surface area contributed by atoms with Gasteiger partial charge in [0.15, 0.2) is 11.5 Å². The Morgan fingerprint density at radius 2 is 1.68 bits per heavy atom. The predicted molar refractivity (Wildman–Crippen MR) is 124 cm³/mol. The van der Waals surface area contributed by atoms with Crippen LogP contribution in [0, 0.1) is 11.6 Å². The van der Waals surface area contributed by atoms with Crippen LogP contribution in [0.3, 0.4) is 0 Å². The van der Waals surface area contributed by atoms with E-state index in [-0.39, 0.29) is 5.95 Å². The average Bonchev–Trinajstić information content (AvgIpc) is 2.82. The van der Waals surface area contributed by atoms with Gasteiger partial charge in [0.2, 0.25) is 21.5 Å². The molecule has 0 unspecified atom stereocenters. The molecule has 0 fully saturated rings. The van der Waals surface area contributed by atoms with E-state index in [1.165, 1.54) is 33.6 Å². The highest BCUT2D eigenvalue weighted by atomic mass is 32.2. The third kappa shape index (κ3) is 5.34. The maximum absolute atomic E-state index is 13.9. The highest BCUT2D eigenvalue weighted by molar-refractivity contribution is 7.94. The van der Waals surface area contributed by atoms with Crippen LogP contribution in [0.25, 0.3) is 6.08 Å². The first-order valence-corrected chi connectivity index (χ1v) is 11.3. The molecular weight excluding hydrogens is 470 g/mol. The fourth-order valence-corrected chi connectivity index (χ4v) is 4.06. The van der Waals surface area contributed by atoms with Crippen molar-refractivity contribution in [2.24, 2.45) is 0 Å². The van der Waals surface area contributed by atoms with Crippen LogP contribution in [-0.2, 0) is 9.84 Å². The van der Waals surface area contributed by atoms with Crippen LogP contribution < -0.4 is 24.8 Å². The summed E-state index contributed by atoms with van der Waals surface area (Å²) in [6.07, 6.45) is 2.60. The summed E-state index contributed by atoms with van der Waals surface area (Å²) in [5.41, 5.74) is 0.873. The van der Waals surface area contributed by atoms with E-state index in [4.69, 9.17) is 14.2 Å². The van der Waals surface area contributed by atoms with E-state index < -0.39 is 26.4 Å². The summed E-state index contributed by atoms with van der Waals surface area (Å²) < 4.78 is 67.9. The summed E-state index contributed by atoms with van der Waals surface area (Å²) >= 11 is 0. The smallest absolute Gasteiger partial charge is 0.229 e. The van der Waals surface area contributed by atoms with Gasteiger partial charge in [-0.15, -0.1) is 0 Å².